The molecule has 25 heavy (non-hydrogen) atoms. The molecule has 2 N–H and O–H groups in total. The Balaban J connectivity index is 1.61. The van der Waals surface area contributed by atoms with Gasteiger partial charge in [0.25, 0.3) is 5.91 Å². The minimum Gasteiger partial charge on any atom is -0.504 e. The second kappa shape index (κ2) is 7.57. The monoisotopic (exact) mass is 342 g/mol. The smallest absolute Gasteiger partial charge is 0.284 e. The number of fused-ring (bicyclic) bond motifs is 1. The van der Waals surface area contributed by atoms with Gasteiger partial charge in [0, 0.05) is 5.56 Å². The lowest BCUT2D eigenvalue weighted by Gasteiger charge is -2.24. The third-order valence-corrected chi connectivity index (χ3v) is 3.51. The molecule has 1 aliphatic heterocycles. The fourth-order valence-electron chi connectivity index (χ4n) is 2.30. The van der Waals surface area contributed by atoms with Crippen LogP contribution in [0.25, 0.3) is 0 Å². The molecular weight excluding hydrogens is 324 g/mol. The van der Waals surface area contributed by atoms with Crippen LogP contribution in [0.15, 0.2) is 47.6 Å². The lowest BCUT2D eigenvalue weighted by atomic mass is 10.2. The molecule has 0 spiro atoms. The lowest BCUT2D eigenvalue weighted by Crippen LogP contribution is -2.42. The number of hydrazone groups is 1. The molecule has 1 atom stereocenters. The van der Waals surface area contributed by atoms with E-state index in [2.05, 4.69) is 10.5 Å². The number of phenols is 1. The van der Waals surface area contributed by atoms with Crippen molar-refractivity contribution < 1.29 is 24.1 Å². The number of para-hydroxylation sites is 3. The molecule has 2 aromatic rings. The third kappa shape index (κ3) is 3.82. The summed E-state index contributed by atoms with van der Waals surface area (Å²) in [6.07, 6.45) is 0.545. The first-order chi connectivity index (χ1) is 12.2. The minimum absolute atomic E-state index is 0.0338. The van der Waals surface area contributed by atoms with E-state index < -0.39 is 12.0 Å². The van der Waals surface area contributed by atoms with Gasteiger partial charge in [-0.05, 0) is 31.2 Å². The van der Waals surface area contributed by atoms with Gasteiger partial charge in [-0.2, -0.15) is 5.10 Å². The molecule has 2 aromatic carbocycles. The van der Waals surface area contributed by atoms with E-state index in [-0.39, 0.29) is 12.4 Å². The third-order valence-electron chi connectivity index (χ3n) is 3.51. The van der Waals surface area contributed by atoms with E-state index in [9.17, 15) is 9.90 Å². The lowest BCUT2D eigenvalue weighted by molar-refractivity contribution is -0.130. The summed E-state index contributed by atoms with van der Waals surface area (Å²) in [5.41, 5.74) is 2.81. The molecule has 0 unspecified atom stereocenters. The van der Waals surface area contributed by atoms with Gasteiger partial charge < -0.3 is 19.3 Å². The van der Waals surface area contributed by atoms with Gasteiger partial charge in [0.1, 0.15) is 6.61 Å². The van der Waals surface area contributed by atoms with Gasteiger partial charge in [0.2, 0.25) is 6.10 Å². The summed E-state index contributed by atoms with van der Waals surface area (Å²) in [5, 5.41) is 13.9. The van der Waals surface area contributed by atoms with Crippen molar-refractivity contribution >= 4 is 12.1 Å². The number of hydrogen-bond donors (Lipinski definition) is 2. The number of rotatable bonds is 5. The van der Waals surface area contributed by atoms with Gasteiger partial charge >= 0.3 is 0 Å². The van der Waals surface area contributed by atoms with E-state index in [1.165, 1.54) is 6.21 Å². The summed E-state index contributed by atoms with van der Waals surface area (Å²) in [5.74, 6) is 1.01. The Hall–Kier alpha value is -3.22. The van der Waals surface area contributed by atoms with E-state index in [0.717, 1.165) is 0 Å². The molecule has 0 saturated heterocycles. The quantitative estimate of drug-likeness (QED) is 0.641. The molecule has 0 saturated carbocycles. The van der Waals surface area contributed by atoms with Crippen LogP contribution in [0.1, 0.15) is 12.5 Å². The average molecular weight is 342 g/mol. The number of aromatic hydroxyl groups is 1. The van der Waals surface area contributed by atoms with Crippen molar-refractivity contribution in [1.82, 2.24) is 5.43 Å². The molecule has 0 aliphatic carbocycles. The number of carbonyl (C=O) groups is 1. The highest BCUT2D eigenvalue weighted by molar-refractivity contribution is 5.87. The summed E-state index contributed by atoms with van der Waals surface area (Å²) in [6.45, 7) is 2.36. The maximum atomic E-state index is 12.1. The summed E-state index contributed by atoms with van der Waals surface area (Å²) in [7, 11) is 0. The molecule has 1 amide bonds. The van der Waals surface area contributed by atoms with Gasteiger partial charge in [0.05, 0.1) is 12.8 Å². The molecule has 7 nitrogen and oxygen atoms in total. The Bertz CT molecular complexity index is 791. The maximum Gasteiger partial charge on any atom is 0.284 e. The van der Waals surface area contributed by atoms with Gasteiger partial charge in [-0.25, -0.2) is 5.43 Å². The van der Waals surface area contributed by atoms with Crippen LogP contribution in [0.2, 0.25) is 0 Å². The SMILES string of the molecule is CCOc1cccc(/C=N\NC(=O)[C@@H]2COc3ccccc3O2)c1O. The van der Waals surface area contributed by atoms with Crippen LogP contribution in [-0.2, 0) is 4.79 Å². The topological polar surface area (TPSA) is 89.4 Å². The predicted octanol–water partition coefficient (Wildman–Crippen LogP) is 2.08. The van der Waals surface area contributed by atoms with Crippen LogP contribution in [0.5, 0.6) is 23.0 Å². The predicted molar refractivity (Wildman–Crippen MR) is 91.4 cm³/mol. The number of phenolic OH excluding ortho intramolecular Hbond substituents is 1. The summed E-state index contributed by atoms with van der Waals surface area (Å²) < 4.78 is 16.4. The first-order valence-electron chi connectivity index (χ1n) is 7.85. The highest BCUT2D eigenvalue weighted by Gasteiger charge is 2.27. The van der Waals surface area contributed by atoms with Crippen molar-refractivity contribution in [3.8, 4) is 23.0 Å². The van der Waals surface area contributed by atoms with E-state index in [4.69, 9.17) is 14.2 Å². The Morgan fingerprint density at radius 1 is 1.32 bits per heavy atom. The standard InChI is InChI=1S/C18H18N2O5/c1-2-23-15-9-5-6-12(17(15)21)10-19-20-18(22)16-11-24-13-7-3-4-8-14(13)25-16/h3-10,16,21H,2,11H2,1H3,(H,20,22)/b19-10-/t16-/m0/s1. The van der Waals surface area contributed by atoms with Crippen LogP contribution < -0.4 is 19.6 Å². The van der Waals surface area contributed by atoms with Crippen molar-refractivity contribution in [2.24, 2.45) is 5.10 Å². The zero-order chi connectivity index (χ0) is 17.6. The average Bonchev–Trinajstić information content (AvgIpc) is 2.64. The zero-order valence-electron chi connectivity index (χ0n) is 13.6. The van der Waals surface area contributed by atoms with Crippen LogP contribution in [0.4, 0.5) is 0 Å². The molecule has 3 rings (SSSR count). The van der Waals surface area contributed by atoms with E-state index in [0.29, 0.717) is 29.4 Å². The van der Waals surface area contributed by atoms with Gasteiger partial charge in [0.15, 0.2) is 23.0 Å². The highest BCUT2D eigenvalue weighted by Crippen LogP contribution is 2.31. The van der Waals surface area contributed by atoms with E-state index in [1.807, 2.05) is 13.0 Å². The van der Waals surface area contributed by atoms with E-state index in [1.54, 1.807) is 36.4 Å². The molecule has 7 heteroatoms. The van der Waals surface area contributed by atoms with Crippen molar-refractivity contribution in [2.75, 3.05) is 13.2 Å². The minimum atomic E-state index is -0.796. The number of benzene rings is 2. The summed E-state index contributed by atoms with van der Waals surface area (Å²) in [4.78, 5) is 12.1. The van der Waals surface area contributed by atoms with E-state index >= 15 is 0 Å². The second-order valence-corrected chi connectivity index (χ2v) is 5.23. The Morgan fingerprint density at radius 2 is 2.12 bits per heavy atom. The normalized spacial score (nSPS) is 15.8. The molecule has 0 aromatic heterocycles. The zero-order valence-corrected chi connectivity index (χ0v) is 13.6. The van der Waals surface area contributed by atoms with Gasteiger partial charge in [-0.3, -0.25) is 4.79 Å². The van der Waals surface area contributed by atoms with Crippen molar-refractivity contribution in [3.63, 3.8) is 0 Å². The van der Waals surface area contributed by atoms with Crippen LogP contribution in [-0.4, -0.2) is 36.5 Å². The first kappa shape index (κ1) is 16.6. The molecule has 130 valence electrons. The molecule has 1 aliphatic rings. The molecule has 0 fully saturated rings. The van der Waals surface area contributed by atoms with Crippen molar-refractivity contribution in [1.29, 1.82) is 0 Å². The molecular formula is C18H18N2O5. The molecule has 1 heterocycles. The number of carbonyl (C=O) groups excluding carboxylic acids is 1. The Kier molecular flexibility index (Phi) is 5.03. The highest BCUT2D eigenvalue weighted by atomic mass is 16.6. The maximum absolute atomic E-state index is 12.1. The fourth-order valence-corrected chi connectivity index (χ4v) is 2.30. The van der Waals surface area contributed by atoms with Gasteiger partial charge in [-0.1, -0.05) is 18.2 Å². The second-order valence-electron chi connectivity index (χ2n) is 5.23. The first-order valence-corrected chi connectivity index (χ1v) is 7.85. The van der Waals surface area contributed by atoms with Crippen molar-refractivity contribution in [3.05, 3.63) is 48.0 Å². The van der Waals surface area contributed by atoms with Crippen LogP contribution in [0.3, 0.4) is 0 Å². The van der Waals surface area contributed by atoms with Crippen LogP contribution >= 0.6 is 0 Å². The molecule has 0 bridgehead atoms. The Labute approximate surface area is 144 Å². The number of ether oxygens (including phenoxy) is 3. The van der Waals surface area contributed by atoms with Crippen LogP contribution in [0, 0.1) is 0 Å². The van der Waals surface area contributed by atoms with Crippen molar-refractivity contribution in [2.45, 2.75) is 13.0 Å². The van der Waals surface area contributed by atoms with Gasteiger partial charge in [-0.15, -0.1) is 0 Å². The number of amides is 1. The molecule has 0 radical (unpaired) electrons. The largest absolute Gasteiger partial charge is 0.504 e. The Morgan fingerprint density at radius 3 is 2.92 bits per heavy atom. The number of nitrogens with one attached hydrogen (secondary N) is 1. The summed E-state index contributed by atoms with van der Waals surface area (Å²) in [6, 6.07) is 12.2. The summed E-state index contributed by atoms with van der Waals surface area (Å²) >= 11 is 0. The number of nitrogens with zero attached hydrogens (tertiary/aromatic N) is 1. The number of hydrogen-bond acceptors (Lipinski definition) is 6. The fraction of sp³-hybridized carbons (Fsp3) is 0.222.